The van der Waals surface area contributed by atoms with Crippen LogP contribution in [0, 0.1) is 0 Å². The number of carboxylic acids is 1. The molecule has 0 spiro atoms. The van der Waals surface area contributed by atoms with E-state index >= 15 is 0 Å². The number of benzene rings is 1. The summed E-state index contributed by atoms with van der Waals surface area (Å²) in [4.78, 5) is 19.5. The zero-order chi connectivity index (χ0) is 14.1. The number of carboxylic acid groups (broad SMARTS) is 1. The fourth-order valence-corrected chi connectivity index (χ4v) is 2.54. The summed E-state index contributed by atoms with van der Waals surface area (Å²) in [6, 6.07) is 9.77. The summed E-state index contributed by atoms with van der Waals surface area (Å²) in [6.45, 7) is 1.59. The normalized spacial score (nSPS) is 14.1. The van der Waals surface area contributed by atoms with Crippen LogP contribution < -0.4 is 9.80 Å². The standard InChI is InChI=1S/C15H15N3O2/c1-17-8-9-18(14-5-3-2-4-13(14)17)12-6-7-16-10-11(12)15(19)20/h2-7,10H,8-9H2,1H3,(H,19,20). The monoisotopic (exact) mass is 269 g/mol. The Balaban J connectivity index is 2.13. The van der Waals surface area contributed by atoms with Gasteiger partial charge in [-0.3, -0.25) is 4.98 Å². The number of rotatable bonds is 2. The van der Waals surface area contributed by atoms with Gasteiger partial charge >= 0.3 is 5.97 Å². The molecule has 1 aromatic carbocycles. The molecule has 0 fully saturated rings. The maximum atomic E-state index is 11.4. The molecule has 1 aromatic heterocycles. The van der Waals surface area contributed by atoms with Crippen molar-refractivity contribution >= 4 is 23.0 Å². The van der Waals surface area contributed by atoms with E-state index in [-0.39, 0.29) is 5.56 Å². The quantitative estimate of drug-likeness (QED) is 0.907. The first-order valence-electron chi connectivity index (χ1n) is 6.43. The van der Waals surface area contributed by atoms with E-state index in [9.17, 15) is 9.90 Å². The first-order valence-corrected chi connectivity index (χ1v) is 6.43. The molecule has 0 amide bonds. The second-order valence-corrected chi connectivity index (χ2v) is 4.76. The van der Waals surface area contributed by atoms with Crippen molar-refractivity contribution in [3.8, 4) is 0 Å². The maximum absolute atomic E-state index is 11.4. The molecule has 0 saturated heterocycles. The topological polar surface area (TPSA) is 56.7 Å². The molecule has 0 unspecified atom stereocenters. The predicted octanol–water partition coefficient (Wildman–Crippen LogP) is 2.37. The highest BCUT2D eigenvalue weighted by Crippen LogP contribution is 2.37. The predicted molar refractivity (Wildman–Crippen MR) is 77.9 cm³/mol. The third-order valence-corrected chi connectivity index (χ3v) is 3.56. The summed E-state index contributed by atoms with van der Waals surface area (Å²) >= 11 is 0. The van der Waals surface area contributed by atoms with E-state index in [1.54, 1.807) is 12.3 Å². The zero-order valence-electron chi connectivity index (χ0n) is 11.2. The van der Waals surface area contributed by atoms with Gasteiger partial charge < -0.3 is 14.9 Å². The van der Waals surface area contributed by atoms with Crippen LogP contribution in [0.25, 0.3) is 0 Å². The molecular formula is C15H15N3O2. The molecule has 20 heavy (non-hydrogen) atoms. The summed E-state index contributed by atoms with van der Waals surface area (Å²) in [6.07, 6.45) is 3.03. The van der Waals surface area contributed by atoms with Gasteiger partial charge in [-0.25, -0.2) is 4.79 Å². The number of hydrogen-bond acceptors (Lipinski definition) is 4. The van der Waals surface area contributed by atoms with Crippen LogP contribution in [-0.2, 0) is 0 Å². The minimum Gasteiger partial charge on any atom is -0.478 e. The average molecular weight is 269 g/mol. The Morgan fingerprint density at radius 2 is 1.90 bits per heavy atom. The van der Waals surface area contributed by atoms with Crippen molar-refractivity contribution in [1.82, 2.24) is 4.98 Å². The Hall–Kier alpha value is -2.56. The number of aromatic carboxylic acids is 1. The first kappa shape index (κ1) is 12.5. The fourth-order valence-electron chi connectivity index (χ4n) is 2.54. The number of anilines is 3. The van der Waals surface area contributed by atoms with E-state index in [0.29, 0.717) is 5.69 Å². The highest BCUT2D eigenvalue weighted by Gasteiger charge is 2.24. The van der Waals surface area contributed by atoms with Crippen LogP contribution in [0.2, 0.25) is 0 Å². The molecule has 0 aliphatic carbocycles. The van der Waals surface area contributed by atoms with E-state index in [1.807, 2.05) is 36.2 Å². The van der Waals surface area contributed by atoms with E-state index < -0.39 is 5.97 Å². The number of likely N-dealkylation sites (N-methyl/N-ethyl adjacent to an activating group) is 1. The highest BCUT2D eigenvalue weighted by molar-refractivity contribution is 5.96. The van der Waals surface area contributed by atoms with Crippen LogP contribution in [0.4, 0.5) is 17.1 Å². The van der Waals surface area contributed by atoms with Gasteiger partial charge in [0.2, 0.25) is 0 Å². The molecule has 5 nitrogen and oxygen atoms in total. The minimum atomic E-state index is -0.954. The van der Waals surface area contributed by atoms with E-state index in [1.165, 1.54) is 6.20 Å². The SMILES string of the molecule is CN1CCN(c2ccncc2C(=O)O)c2ccccc21. The van der Waals surface area contributed by atoms with Crippen molar-refractivity contribution in [3.63, 3.8) is 0 Å². The van der Waals surface area contributed by atoms with Crippen molar-refractivity contribution < 1.29 is 9.90 Å². The molecule has 2 aromatic rings. The number of hydrogen-bond donors (Lipinski definition) is 1. The molecule has 1 N–H and O–H groups in total. The molecule has 0 atom stereocenters. The van der Waals surface area contributed by atoms with Gasteiger partial charge in [-0.2, -0.15) is 0 Å². The Bertz CT molecular complexity index is 657. The van der Waals surface area contributed by atoms with Gasteiger partial charge in [-0.15, -0.1) is 0 Å². The van der Waals surface area contributed by atoms with Gasteiger partial charge in [0, 0.05) is 32.5 Å². The lowest BCUT2D eigenvalue weighted by molar-refractivity contribution is 0.0697. The summed E-state index contributed by atoms with van der Waals surface area (Å²) in [7, 11) is 2.04. The molecule has 1 aliphatic rings. The molecular weight excluding hydrogens is 254 g/mol. The molecule has 102 valence electrons. The van der Waals surface area contributed by atoms with Crippen molar-refractivity contribution in [2.75, 3.05) is 29.9 Å². The number of nitrogens with zero attached hydrogens (tertiary/aromatic N) is 3. The zero-order valence-corrected chi connectivity index (χ0v) is 11.2. The number of aromatic nitrogens is 1. The maximum Gasteiger partial charge on any atom is 0.339 e. The van der Waals surface area contributed by atoms with Crippen LogP contribution in [0.3, 0.4) is 0 Å². The molecule has 0 radical (unpaired) electrons. The molecule has 0 bridgehead atoms. The van der Waals surface area contributed by atoms with Gasteiger partial charge in [-0.05, 0) is 18.2 Å². The van der Waals surface area contributed by atoms with E-state index in [0.717, 1.165) is 24.5 Å². The lowest BCUT2D eigenvalue weighted by Crippen LogP contribution is -2.37. The first-order chi connectivity index (χ1) is 9.68. The van der Waals surface area contributed by atoms with Gasteiger partial charge in [0.25, 0.3) is 0 Å². The second-order valence-electron chi connectivity index (χ2n) is 4.76. The van der Waals surface area contributed by atoms with Gasteiger partial charge in [0.15, 0.2) is 0 Å². The average Bonchev–Trinajstić information content (AvgIpc) is 2.48. The summed E-state index contributed by atoms with van der Waals surface area (Å²) in [5.41, 5.74) is 3.04. The number of fused-ring (bicyclic) bond motifs is 1. The second kappa shape index (κ2) is 4.85. The fraction of sp³-hybridized carbons (Fsp3) is 0.200. The number of carbonyl (C=O) groups is 1. The van der Waals surface area contributed by atoms with Crippen LogP contribution in [0.5, 0.6) is 0 Å². The molecule has 1 aliphatic heterocycles. The third kappa shape index (κ3) is 1.97. The van der Waals surface area contributed by atoms with E-state index in [4.69, 9.17) is 0 Å². The third-order valence-electron chi connectivity index (χ3n) is 3.56. The molecule has 0 saturated carbocycles. The van der Waals surface area contributed by atoms with Gasteiger partial charge in [-0.1, -0.05) is 12.1 Å². The summed E-state index contributed by atoms with van der Waals surface area (Å²) in [5.74, 6) is -0.954. The van der Waals surface area contributed by atoms with Gasteiger partial charge in [0.1, 0.15) is 5.56 Å². The Labute approximate surface area is 117 Å². The number of para-hydroxylation sites is 2. The lowest BCUT2D eigenvalue weighted by Gasteiger charge is -2.37. The van der Waals surface area contributed by atoms with Gasteiger partial charge in [0.05, 0.1) is 17.1 Å². The molecule has 2 heterocycles. The minimum absolute atomic E-state index is 0.229. The van der Waals surface area contributed by atoms with Crippen LogP contribution in [0.15, 0.2) is 42.7 Å². The van der Waals surface area contributed by atoms with Crippen molar-refractivity contribution in [3.05, 3.63) is 48.3 Å². The lowest BCUT2D eigenvalue weighted by atomic mass is 10.1. The Morgan fingerprint density at radius 3 is 2.65 bits per heavy atom. The smallest absolute Gasteiger partial charge is 0.339 e. The molecule has 3 rings (SSSR count). The van der Waals surface area contributed by atoms with Crippen molar-refractivity contribution in [2.45, 2.75) is 0 Å². The van der Waals surface area contributed by atoms with Crippen LogP contribution >= 0.6 is 0 Å². The number of pyridine rings is 1. The Morgan fingerprint density at radius 1 is 1.15 bits per heavy atom. The largest absolute Gasteiger partial charge is 0.478 e. The van der Waals surface area contributed by atoms with Crippen molar-refractivity contribution in [1.29, 1.82) is 0 Å². The summed E-state index contributed by atoms with van der Waals surface area (Å²) < 4.78 is 0. The highest BCUT2D eigenvalue weighted by atomic mass is 16.4. The van der Waals surface area contributed by atoms with Crippen molar-refractivity contribution in [2.24, 2.45) is 0 Å². The van der Waals surface area contributed by atoms with Crippen LogP contribution in [-0.4, -0.2) is 36.2 Å². The molecule has 5 heteroatoms. The summed E-state index contributed by atoms with van der Waals surface area (Å²) in [5, 5.41) is 9.32. The van der Waals surface area contributed by atoms with Crippen LogP contribution in [0.1, 0.15) is 10.4 Å². The Kier molecular flexibility index (Phi) is 3.02. The van der Waals surface area contributed by atoms with E-state index in [2.05, 4.69) is 9.88 Å².